The molecule has 0 heterocycles. The summed E-state index contributed by atoms with van der Waals surface area (Å²) in [7, 11) is 1.97. The fourth-order valence-corrected chi connectivity index (χ4v) is 1.69. The van der Waals surface area contributed by atoms with Gasteiger partial charge in [-0.2, -0.15) is 0 Å². The van der Waals surface area contributed by atoms with Gasteiger partial charge >= 0.3 is 0 Å². The topological polar surface area (TPSA) is 24.8 Å². The van der Waals surface area contributed by atoms with Gasteiger partial charge in [-0.15, -0.1) is 0 Å². The number of allylic oxidation sites excluding steroid dienone is 3. The molecular formula is C15H19BrN2O. The Balaban J connectivity index is 2.43. The summed E-state index contributed by atoms with van der Waals surface area (Å²) in [6.07, 6.45) is 5.82. The molecule has 0 amide bonds. The lowest BCUT2D eigenvalue weighted by molar-refractivity contribution is 0.264. The van der Waals surface area contributed by atoms with E-state index in [1.165, 1.54) is 0 Å². The second-order valence-electron chi connectivity index (χ2n) is 3.93. The lowest BCUT2D eigenvalue weighted by atomic mass is 10.3. The van der Waals surface area contributed by atoms with Crippen molar-refractivity contribution < 1.29 is 4.74 Å². The number of hydrogen-bond donors (Lipinski definition) is 0. The molecule has 0 radical (unpaired) electrons. The SMILES string of the molecule is C=NC(=CC=CC)N(C)CCOc1ccc(Br)cc1. The van der Waals surface area contributed by atoms with Crippen LogP contribution in [0.4, 0.5) is 0 Å². The van der Waals surface area contributed by atoms with E-state index >= 15 is 0 Å². The third-order valence-corrected chi connectivity index (χ3v) is 3.03. The molecule has 0 aliphatic carbocycles. The first-order chi connectivity index (χ1) is 9.17. The number of hydrogen-bond acceptors (Lipinski definition) is 3. The lowest BCUT2D eigenvalue weighted by Crippen LogP contribution is -2.23. The first-order valence-electron chi connectivity index (χ1n) is 6.06. The third kappa shape index (κ3) is 5.75. The number of nitrogens with zero attached hydrogens (tertiary/aromatic N) is 2. The number of ether oxygens (including phenoxy) is 1. The molecule has 0 saturated heterocycles. The first-order valence-corrected chi connectivity index (χ1v) is 6.86. The molecule has 3 nitrogen and oxygen atoms in total. The Labute approximate surface area is 123 Å². The molecule has 0 spiro atoms. The Morgan fingerprint density at radius 1 is 1.42 bits per heavy atom. The minimum absolute atomic E-state index is 0.598. The highest BCUT2D eigenvalue weighted by atomic mass is 79.9. The van der Waals surface area contributed by atoms with Crippen molar-refractivity contribution in [1.82, 2.24) is 4.90 Å². The van der Waals surface area contributed by atoms with Crippen molar-refractivity contribution in [3.8, 4) is 5.75 Å². The number of aliphatic imine (C=N–C) groups is 1. The van der Waals surface area contributed by atoms with Gasteiger partial charge in [-0.3, -0.25) is 0 Å². The Kier molecular flexibility index (Phi) is 6.97. The molecule has 4 heteroatoms. The highest BCUT2D eigenvalue weighted by Crippen LogP contribution is 2.16. The van der Waals surface area contributed by atoms with E-state index in [1.54, 1.807) is 0 Å². The van der Waals surface area contributed by atoms with Gasteiger partial charge in [-0.25, -0.2) is 4.99 Å². The number of benzene rings is 1. The molecule has 1 aromatic rings. The Bertz CT molecular complexity index is 452. The summed E-state index contributed by atoms with van der Waals surface area (Å²) in [5.41, 5.74) is 0. The largest absolute Gasteiger partial charge is 0.492 e. The number of halogens is 1. The zero-order valence-electron chi connectivity index (χ0n) is 11.3. The van der Waals surface area contributed by atoms with Crippen molar-refractivity contribution in [2.75, 3.05) is 20.2 Å². The van der Waals surface area contributed by atoms with Gasteiger partial charge in [0.25, 0.3) is 0 Å². The van der Waals surface area contributed by atoms with Gasteiger partial charge in [0.1, 0.15) is 18.2 Å². The van der Waals surface area contributed by atoms with Crippen LogP contribution in [0.2, 0.25) is 0 Å². The minimum Gasteiger partial charge on any atom is -0.492 e. The highest BCUT2D eigenvalue weighted by Gasteiger charge is 2.01. The summed E-state index contributed by atoms with van der Waals surface area (Å²) in [5, 5.41) is 0. The average Bonchev–Trinajstić information content (AvgIpc) is 2.42. The van der Waals surface area contributed by atoms with Crippen molar-refractivity contribution in [3.63, 3.8) is 0 Å². The van der Waals surface area contributed by atoms with Gasteiger partial charge < -0.3 is 9.64 Å². The van der Waals surface area contributed by atoms with Crippen LogP contribution < -0.4 is 4.74 Å². The van der Waals surface area contributed by atoms with Crippen LogP contribution in [0, 0.1) is 0 Å². The summed E-state index contributed by atoms with van der Waals surface area (Å²) >= 11 is 3.39. The maximum absolute atomic E-state index is 5.66. The first kappa shape index (κ1) is 15.5. The van der Waals surface area contributed by atoms with Gasteiger partial charge in [-0.1, -0.05) is 28.1 Å². The van der Waals surface area contributed by atoms with Crippen molar-refractivity contribution in [2.45, 2.75) is 6.92 Å². The molecule has 0 bridgehead atoms. The molecule has 19 heavy (non-hydrogen) atoms. The van der Waals surface area contributed by atoms with Crippen LogP contribution in [0.1, 0.15) is 6.92 Å². The van der Waals surface area contributed by atoms with Gasteiger partial charge in [0, 0.05) is 11.5 Å². The molecule has 1 rings (SSSR count). The highest BCUT2D eigenvalue weighted by molar-refractivity contribution is 9.10. The molecule has 0 aliphatic rings. The molecule has 0 aliphatic heterocycles. The smallest absolute Gasteiger partial charge is 0.127 e. The van der Waals surface area contributed by atoms with E-state index in [0.29, 0.717) is 6.61 Å². The molecule has 0 aromatic heterocycles. The molecule has 1 aromatic carbocycles. The predicted octanol–water partition coefficient (Wildman–Crippen LogP) is 3.88. The number of rotatable bonds is 7. The van der Waals surface area contributed by atoms with Crippen LogP contribution in [0.5, 0.6) is 5.75 Å². The normalized spacial score (nSPS) is 11.6. The second kappa shape index (κ2) is 8.53. The van der Waals surface area contributed by atoms with Crippen molar-refractivity contribution in [1.29, 1.82) is 0 Å². The molecule has 0 unspecified atom stereocenters. The van der Waals surface area contributed by atoms with E-state index in [0.717, 1.165) is 22.6 Å². The fourth-order valence-electron chi connectivity index (χ4n) is 1.43. The summed E-state index contributed by atoms with van der Waals surface area (Å²) < 4.78 is 6.71. The van der Waals surface area contributed by atoms with Gasteiger partial charge in [0.2, 0.25) is 0 Å². The molecule has 0 saturated carbocycles. The van der Waals surface area contributed by atoms with Gasteiger partial charge in [-0.05, 0) is 44.0 Å². The molecular weight excluding hydrogens is 304 g/mol. The maximum Gasteiger partial charge on any atom is 0.127 e. The van der Waals surface area contributed by atoms with Crippen LogP contribution >= 0.6 is 15.9 Å². The quantitative estimate of drug-likeness (QED) is 0.562. The summed E-state index contributed by atoms with van der Waals surface area (Å²) in [6.45, 7) is 6.88. The summed E-state index contributed by atoms with van der Waals surface area (Å²) in [4.78, 5) is 5.99. The second-order valence-corrected chi connectivity index (χ2v) is 4.85. The average molecular weight is 323 g/mol. The fraction of sp³-hybridized carbons (Fsp3) is 0.267. The van der Waals surface area contributed by atoms with E-state index in [1.807, 2.05) is 61.4 Å². The standard InChI is InChI=1S/C15H19BrN2O/c1-4-5-6-15(17-2)18(3)11-12-19-14-9-7-13(16)8-10-14/h4-10H,2,11-12H2,1,3H3. The molecule has 0 fully saturated rings. The van der Waals surface area contributed by atoms with E-state index in [4.69, 9.17) is 4.74 Å². The minimum atomic E-state index is 0.598. The van der Waals surface area contributed by atoms with E-state index in [2.05, 4.69) is 27.6 Å². The van der Waals surface area contributed by atoms with Crippen molar-refractivity contribution in [3.05, 3.63) is 52.8 Å². The lowest BCUT2D eigenvalue weighted by Gasteiger charge is -2.19. The summed E-state index contributed by atoms with van der Waals surface area (Å²) in [6, 6.07) is 7.79. The third-order valence-electron chi connectivity index (χ3n) is 2.50. The zero-order chi connectivity index (χ0) is 14.1. The zero-order valence-corrected chi connectivity index (χ0v) is 12.9. The van der Waals surface area contributed by atoms with Gasteiger partial charge in [0.05, 0.1) is 6.54 Å². The Morgan fingerprint density at radius 3 is 2.68 bits per heavy atom. The Hall–Kier alpha value is -1.55. The van der Waals surface area contributed by atoms with Crippen LogP contribution in [-0.2, 0) is 0 Å². The van der Waals surface area contributed by atoms with Crippen molar-refractivity contribution in [2.24, 2.45) is 4.99 Å². The maximum atomic E-state index is 5.66. The molecule has 0 N–H and O–H groups in total. The van der Waals surface area contributed by atoms with Crippen molar-refractivity contribution >= 4 is 22.6 Å². The van der Waals surface area contributed by atoms with Crippen LogP contribution in [-0.4, -0.2) is 31.8 Å². The number of likely N-dealkylation sites (N-methyl/N-ethyl adjacent to an activating group) is 1. The molecule has 102 valence electrons. The van der Waals surface area contributed by atoms with Crippen LogP contribution in [0.15, 0.2) is 57.8 Å². The van der Waals surface area contributed by atoms with E-state index < -0.39 is 0 Å². The van der Waals surface area contributed by atoms with E-state index in [-0.39, 0.29) is 0 Å². The van der Waals surface area contributed by atoms with Gasteiger partial charge in [0.15, 0.2) is 0 Å². The predicted molar refractivity (Wildman–Crippen MR) is 84.7 cm³/mol. The molecule has 0 atom stereocenters. The van der Waals surface area contributed by atoms with Crippen LogP contribution in [0.3, 0.4) is 0 Å². The Morgan fingerprint density at radius 2 is 2.11 bits per heavy atom. The monoisotopic (exact) mass is 322 g/mol. The van der Waals surface area contributed by atoms with Crippen LogP contribution in [0.25, 0.3) is 0 Å². The van der Waals surface area contributed by atoms with E-state index in [9.17, 15) is 0 Å². The summed E-state index contributed by atoms with van der Waals surface area (Å²) in [5.74, 6) is 1.69.